The molecule has 0 bridgehead atoms. The van der Waals surface area contributed by atoms with Crippen molar-refractivity contribution in [2.24, 2.45) is 0 Å². The number of nitrogens with zero attached hydrogens (tertiary/aromatic N) is 2. The summed E-state index contributed by atoms with van der Waals surface area (Å²) in [6.07, 6.45) is 2.38. The van der Waals surface area contributed by atoms with Crippen LogP contribution in [0.25, 0.3) is 0 Å². The van der Waals surface area contributed by atoms with Gasteiger partial charge in [-0.3, -0.25) is 0 Å². The van der Waals surface area contributed by atoms with Crippen molar-refractivity contribution in [1.82, 2.24) is 10.2 Å². The summed E-state index contributed by atoms with van der Waals surface area (Å²) in [6.45, 7) is 7.00. The zero-order valence-electron chi connectivity index (χ0n) is 8.90. The van der Waals surface area contributed by atoms with Gasteiger partial charge in [0, 0.05) is 18.6 Å². The van der Waals surface area contributed by atoms with Gasteiger partial charge in [0.2, 0.25) is 0 Å². The highest BCUT2D eigenvalue weighted by atomic mass is 32.2. The average Bonchev–Trinajstić information content (AvgIpc) is 2.85. The Morgan fingerprint density at radius 2 is 2.53 bits per heavy atom. The molecule has 2 heterocycles. The molecule has 1 saturated heterocycles. The molecule has 1 aromatic rings. The van der Waals surface area contributed by atoms with Crippen LogP contribution in [0.4, 0.5) is 0 Å². The van der Waals surface area contributed by atoms with Crippen LogP contribution in [0.1, 0.15) is 31.7 Å². The van der Waals surface area contributed by atoms with Gasteiger partial charge < -0.3 is 9.73 Å². The van der Waals surface area contributed by atoms with Gasteiger partial charge in [0.05, 0.1) is 6.54 Å². The smallest absolute Gasteiger partial charge is 0.277 e. The normalized spacial score (nSPS) is 20.7. The Morgan fingerprint density at radius 3 is 3.20 bits per heavy atom. The van der Waals surface area contributed by atoms with Crippen LogP contribution < -0.4 is 5.32 Å². The predicted molar refractivity (Wildman–Crippen MR) is 58.6 cm³/mol. The Hall–Kier alpha value is -0.810. The summed E-state index contributed by atoms with van der Waals surface area (Å²) in [5.74, 6) is 1.62. The lowest BCUT2D eigenvalue weighted by Crippen LogP contribution is -2.81. The van der Waals surface area contributed by atoms with Crippen LogP contribution in [-0.4, -0.2) is 22.5 Å². The van der Waals surface area contributed by atoms with E-state index in [0.29, 0.717) is 11.3 Å². The molecule has 1 aliphatic heterocycles. The van der Waals surface area contributed by atoms with Crippen LogP contribution in [0.2, 0.25) is 0 Å². The minimum atomic E-state index is 0.386. The molecule has 5 heteroatoms. The van der Waals surface area contributed by atoms with Gasteiger partial charge in [-0.25, -0.2) is 0 Å². The maximum absolute atomic E-state index is 5.59. The fraction of sp³-hybridized carbons (Fsp3) is 0.600. The first kappa shape index (κ1) is 10.7. The van der Waals surface area contributed by atoms with Crippen molar-refractivity contribution >= 4 is 11.8 Å². The van der Waals surface area contributed by atoms with Gasteiger partial charge in [-0.2, -0.15) is 0 Å². The van der Waals surface area contributed by atoms with E-state index in [4.69, 9.17) is 4.42 Å². The van der Waals surface area contributed by atoms with Crippen LogP contribution in [0.3, 0.4) is 0 Å². The third kappa shape index (κ3) is 2.82. The third-order valence-electron chi connectivity index (χ3n) is 2.35. The monoisotopic (exact) mass is 226 g/mol. The highest BCUT2D eigenvalue weighted by Gasteiger charge is 2.25. The first-order valence-electron chi connectivity index (χ1n) is 5.19. The quantitative estimate of drug-likeness (QED) is 0.618. The molecule has 0 spiro atoms. The van der Waals surface area contributed by atoms with E-state index < -0.39 is 0 Å². The summed E-state index contributed by atoms with van der Waals surface area (Å²) in [4.78, 5) is 0. The average molecular weight is 226 g/mol. The Morgan fingerprint density at radius 1 is 1.67 bits per heavy atom. The van der Waals surface area contributed by atoms with E-state index in [9.17, 15) is 0 Å². The molecule has 82 valence electrons. The van der Waals surface area contributed by atoms with Gasteiger partial charge in [0.15, 0.2) is 6.04 Å². The molecule has 0 aliphatic carbocycles. The molecule has 0 unspecified atom stereocenters. The summed E-state index contributed by atoms with van der Waals surface area (Å²) < 4.78 is 5.59. The van der Waals surface area contributed by atoms with Gasteiger partial charge in [0.25, 0.3) is 11.1 Å². The molecule has 0 radical (unpaired) electrons. The molecule has 15 heavy (non-hydrogen) atoms. The van der Waals surface area contributed by atoms with E-state index in [1.165, 1.54) is 13.0 Å². The number of hydrogen-bond donors (Lipinski definition) is 1. The van der Waals surface area contributed by atoms with E-state index in [2.05, 4.69) is 22.1 Å². The predicted octanol–water partition coefficient (Wildman–Crippen LogP) is 1.14. The Bertz CT molecular complexity index is 344. The second-order valence-corrected chi connectivity index (χ2v) is 4.85. The molecule has 1 aromatic heterocycles. The SMILES string of the molecule is C=C(C)CSc1nnc([C@H]2CCC[NH2+]2)o1. The molecule has 2 N–H and O–H groups in total. The molecule has 1 aliphatic rings. The first-order chi connectivity index (χ1) is 7.25. The van der Waals surface area contributed by atoms with Crippen molar-refractivity contribution in [3.63, 3.8) is 0 Å². The second kappa shape index (κ2) is 4.81. The van der Waals surface area contributed by atoms with Crippen molar-refractivity contribution in [2.45, 2.75) is 31.0 Å². The second-order valence-electron chi connectivity index (χ2n) is 3.93. The van der Waals surface area contributed by atoms with Crippen LogP contribution in [-0.2, 0) is 0 Å². The number of hydrogen-bond acceptors (Lipinski definition) is 4. The van der Waals surface area contributed by atoms with E-state index in [1.54, 1.807) is 11.8 Å². The number of rotatable bonds is 4. The highest BCUT2D eigenvalue weighted by molar-refractivity contribution is 7.99. The van der Waals surface area contributed by atoms with E-state index in [1.807, 2.05) is 6.92 Å². The third-order valence-corrected chi connectivity index (χ3v) is 3.40. The van der Waals surface area contributed by atoms with Gasteiger partial charge in [0.1, 0.15) is 0 Å². The maximum Gasteiger partial charge on any atom is 0.277 e. The van der Waals surface area contributed by atoms with E-state index in [-0.39, 0.29) is 0 Å². The molecule has 4 nitrogen and oxygen atoms in total. The topological polar surface area (TPSA) is 55.5 Å². The lowest BCUT2D eigenvalue weighted by atomic mass is 10.2. The van der Waals surface area contributed by atoms with Gasteiger partial charge in [-0.1, -0.05) is 23.9 Å². The van der Waals surface area contributed by atoms with Crippen LogP contribution in [0.5, 0.6) is 0 Å². The highest BCUT2D eigenvalue weighted by Crippen LogP contribution is 2.22. The van der Waals surface area contributed by atoms with Crippen molar-refractivity contribution in [3.05, 3.63) is 18.0 Å². The van der Waals surface area contributed by atoms with Crippen molar-refractivity contribution < 1.29 is 9.73 Å². The number of thioether (sulfide) groups is 1. The van der Waals surface area contributed by atoms with Crippen LogP contribution >= 0.6 is 11.8 Å². The van der Waals surface area contributed by atoms with E-state index >= 15 is 0 Å². The van der Waals surface area contributed by atoms with Gasteiger partial charge in [-0.15, -0.1) is 10.2 Å². The molecule has 0 saturated carbocycles. The first-order valence-corrected chi connectivity index (χ1v) is 6.18. The molecule has 0 amide bonds. The summed E-state index contributed by atoms with van der Waals surface area (Å²) in [5.41, 5.74) is 1.12. The standard InChI is InChI=1S/C10H15N3OS/c1-7(2)6-15-10-13-12-9(14-10)8-4-3-5-11-8/h8,11H,1,3-6H2,2H3/p+1/t8-/m1/s1. The van der Waals surface area contributed by atoms with Crippen molar-refractivity contribution in [3.8, 4) is 0 Å². The Balaban J connectivity index is 1.94. The summed E-state index contributed by atoms with van der Waals surface area (Å²) in [7, 11) is 0. The summed E-state index contributed by atoms with van der Waals surface area (Å²) >= 11 is 1.55. The molecule has 1 atom stereocenters. The number of quaternary nitrogens is 1. The zero-order chi connectivity index (χ0) is 10.7. The number of nitrogens with two attached hydrogens (primary N) is 1. The zero-order valence-corrected chi connectivity index (χ0v) is 9.72. The molecule has 2 rings (SSSR count). The molecule has 0 aromatic carbocycles. The fourth-order valence-corrected chi connectivity index (χ4v) is 2.23. The minimum absolute atomic E-state index is 0.386. The largest absolute Gasteiger partial charge is 0.410 e. The van der Waals surface area contributed by atoms with E-state index in [0.717, 1.165) is 23.6 Å². The summed E-state index contributed by atoms with van der Waals surface area (Å²) in [5, 5.41) is 11.0. The maximum atomic E-state index is 5.59. The Kier molecular flexibility index (Phi) is 3.43. The Labute approximate surface area is 93.5 Å². The van der Waals surface area contributed by atoms with Gasteiger partial charge in [-0.05, 0) is 6.92 Å². The molecular formula is C10H16N3OS+. The van der Waals surface area contributed by atoms with Crippen LogP contribution in [0, 0.1) is 0 Å². The summed E-state index contributed by atoms with van der Waals surface area (Å²) in [6, 6.07) is 0.386. The molecular weight excluding hydrogens is 210 g/mol. The molecule has 1 fully saturated rings. The fourth-order valence-electron chi connectivity index (χ4n) is 1.61. The van der Waals surface area contributed by atoms with Crippen molar-refractivity contribution in [1.29, 1.82) is 0 Å². The van der Waals surface area contributed by atoms with Gasteiger partial charge >= 0.3 is 0 Å². The lowest BCUT2D eigenvalue weighted by Gasteiger charge is -1.98. The number of aromatic nitrogens is 2. The van der Waals surface area contributed by atoms with Crippen LogP contribution in [0.15, 0.2) is 21.8 Å². The van der Waals surface area contributed by atoms with Crippen molar-refractivity contribution in [2.75, 3.05) is 12.3 Å². The lowest BCUT2D eigenvalue weighted by molar-refractivity contribution is -0.678. The minimum Gasteiger partial charge on any atom is -0.410 e.